The van der Waals surface area contributed by atoms with Crippen LogP contribution < -0.4 is 14.8 Å². The van der Waals surface area contributed by atoms with Crippen LogP contribution >= 0.6 is 11.3 Å². The molecule has 1 amide bonds. The van der Waals surface area contributed by atoms with E-state index in [9.17, 15) is 9.18 Å². The molecule has 0 spiro atoms. The Balaban J connectivity index is 1.64. The van der Waals surface area contributed by atoms with Gasteiger partial charge >= 0.3 is 0 Å². The molecule has 3 rings (SSSR count). The monoisotopic (exact) mass is 400 g/mol. The molecule has 0 saturated carbocycles. The highest BCUT2D eigenvalue weighted by Gasteiger charge is 2.13. The quantitative estimate of drug-likeness (QED) is 0.583. The SMILES string of the molecule is CCOc1ccccc1CCC(=O)Nc1nc(-c2cc(F)ccc2OC)cs1. The fourth-order valence-electron chi connectivity index (χ4n) is 2.77. The molecule has 28 heavy (non-hydrogen) atoms. The van der Waals surface area contributed by atoms with E-state index >= 15 is 0 Å². The molecular weight excluding hydrogens is 379 g/mol. The first-order chi connectivity index (χ1) is 13.6. The number of anilines is 1. The average Bonchev–Trinajstić information content (AvgIpc) is 3.16. The average molecular weight is 400 g/mol. The van der Waals surface area contributed by atoms with E-state index in [0.29, 0.717) is 41.6 Å². The number of halogens is 1. The van der Waals surface area contributed by atoms with Gasteiger partial charge in [-0.05, 0) is 43.2 Å². The maximum atomic E-state index is 13.6. The Bertz CT molecular complexity index is 958. The molecule has 0 radical (unpaired) electrons. The van der Waals surface area contributed by atoms with Crippen LogP contribution in [0.5, 0.6) is 11.5 Å². The number of benzene rings is 2. The first-order valence-corrected chi connectivity index (χ1v) is 9.78. The van der Waals surface area contributed by atoms with E-state index in [2.05, 4.69) is 10.3 Å². The van der Waals surface area contributed by atoms with Crippen molar-refractivity contribution < 1.29 is 18.7 Å². The van der Waals surface area contributed by atoms with E-state index in [1.165, 1.54) is 30.6 Å². The van der Waals surface area contributed by atoms with Crippen LogP contribution in [0.1, 0.15) is 18.9 Å². The normalized spacial score (nSPS) is 10.5. The minimum atomic E-state index is -0.373. The van der Waals surface area contributed by atoms with Crippen LogP contribution in [-0.4, -0.2) is 24.6 Å². The second kappa shape index (κ2) is 9.32. The third kappa shape index (κ3) is 4.86. The largest absolute Gasteiger partial charge is 0.496 e. The lowest BCUT2D eigenvalue weighted by Crippen LogP contribution is -2.12. The highest BCUT2D eigenvalue weighted by atomic mass is 32.1. The van der Waals surface area contributed by atoms with Gasteiger partial charge in [-0.3, -0.25) is 4.79 Å². The summed E-state index contributed by atoms with van der Waals surface area (Å²) in [5.41, 5.74) is 2.09. The summed E-state index contributed by atoms with van der Waals surface area (Å²) in [6, 6.07) is 11.9. The standard InChI is InChI=1S/C21H21FN2O3S/c1-3-27-18-7-5-4-6-14(18)8-11-20(25)24-21-23-17(13-28-21)16-12-15(22)9-10-19(16)26-2/h4-7,9-10,12-13H,3,8,11H2,1-2H3,(H,23,24,25). The fraction of sp³-hybridized carbons (Fsp3) is 0.238. The summed E-state index contributed by atoms with van der Waals surface area (Å²) < 4.78 is 24.4. The molecule has 146 valence electrons. The third-order valence-corrected chi connectivity index (χ3v) is 4.84. The molecule has 0 unspecified atom stereocenters. The molecule has 7 heteroatoms. The van der Waals surface area contributed by atoms with Gasteiger partial charge in [-0.2, -0.15) is 0 Å². The molecule has 1 N–H and O–H groups in total. The van der Waals surface area contributed by atoms with Gasteiger partial charge in [0.15, 0.2) is 5.13 Å². The van der Waals surface area contributed by atoms with Crippen molar-refractivity contribution in [1.82, 2.24) is 4.98 Å². The van der Waals surface area contributed by atoms with E-state index in [-0.39, 0.29) is 11.7 Å². The molecule has 2 aromatic carbocycles. The zero-order valence-corrected chi connectivity index (χ0v) is 16.5. The number of hydrogen-bond donors (Lipinski definition) is 1. The van der Waals surface area contributed by atoms with Gasteiger partial charge in [0.25, 0.3) is 0 Å². The molecule has 1 aromatic heterocycles. The number of aryl methyl sites for hydroxylation is 1. The van der Waals surface area contributed by atoms with Crippen molar-refractivity contribution in [2.45, 2.75) is 19.8 Å². The van der Waals surface area contributed by atoms with Gasteiger partial charge in [-0.25, -0.2) is 9.37 Å². The Morgan fingerprint density at radius 3 is 2.82 bits per heavy atom. The van der Waals surface area contributed by atoms with Gasteiger partial charge < -0.3 is 14.8 Å². The van der Waals surface area contributed by atoms with Crippen molar-refractivity contribution in [2.75, 3.05) is 19.0 Å². The van der Waals surface area contributed by atoms with Crippen molar-refractivity contribution in [2.24, 2.45) is 0 Å². The topological polar surface area (TPSA) is 60.5 Å². The zero-order chi connectivity index (χ0) is 19.9. The number of rotatable bonds is 8. The van der Waals surface area contributed by atoms with Crippen molar-refractivity contribution in [3.05, 3.63) is 59.2 Å². The Morgan fingerprint density at radius 1 is 1.21 bits per heavy atom. The number of aromatic nitrogens is 1. The molecule has 0 saturated heterocycles. The van der Waals surface area contributed by atoms with Crippen LogP contribution in [0.3, 0.4) is 0 Å². The van der Waals surface area contributed by atoms with Crippen molar-refractivity contribution in [3.63, 3.8) is 0 Å². The maximum Gasteiger partial charge on any atom is 0.226 e. The molecule has 0 aliphatic heterocycles. The molecule has 0 aliphatic rings. The summed E-state index contributed by atoms with van der Waals surface area (Å²) in [5.74, 6) is 0.811. The summed E-state index contributed by atoms with van der Waals surface area (Å²) in [4.78, 5) is 16.7. The van der Waals surface area contributed by atoms with Gasteiger partial charge in [-0.1, -0.05) is 18.2 Å². The summed E-state index contributed by atoms with van der Waals surface area (Å²) >= 11 is 1.28. The molecule has 0 atom stereocenters. The molecule has 0 fully saturated rings. The lowest BCUT2D eigenvalue weighted by Gasteiger charge is -2.09. The van der Waals surface area contributed by atoms with E-state index in [4.69, 9.17) is 9.47 Å². The van der Waals surface area contributed by atoms with E-state index in [1.54, 1.807) is 11.4 Å². The number of nitrogens with zero attached hydrogens (tertiary/aromatic N) is 1. The minimum Gasteiger partial charge on any atom is -0.496 e. The smallest absolute Gasteiger partial charge is 0.226 e. The summed E-state index contributed by atoms with van der Waals surface area (Å²) in [5, 5.41) is 5.02. The van der Waals surface area contributed by atoms with Gasteiger partial charge in [0.2, 0.25) is 5.91 Å². The number of para-hydroxylation sites is 1. The number of thiazole rings is 1. The highest BCUT2D eigenvalue weighted by Crippen LogP contribution is 2.32. The number of amides is 1. The van der Waals surface area contributed by atoms with E-state index in [1.807, 2.05) is 31.2 Å². The Morgan fingerprint density at radius 2 is 2.04 bits per heavy atom. The van der Waals surface area contributed by atoms with Gasteiger partial charge in [0.1, 0.15) is 17.3 Å². The predicted molar refractivity (Wildman–Crippen MR) is 109 cm³/mol. The Hall–Kier alpha value is -2.93. The van der Waals surface area contributed by atoms with Crippen LogP contribution in [0.15, 0.2) is 47.8 Å². The lowest BCUT2D eigenvalue weighted by molar-refractivity contribution is -0.116. The summed E-state index contributed by atoms with van der Waals surface area (Å²) in [6.45, 7) is 2.51. The molecule has 3 aromatic rings. The van der Waals surface area contributed by atoms with Crippen molar-refractivity contribution >= 4 is 22.4 Å². The van der Waals surface area contributed by atoms with Gasteiger partial charge in [0.05, 0.1) is 19.4 Å². The number of ether oxygens (including phenoxy) is 2. The first kappa shape index (κ1) is 19.8. The summed E-state index contributed by atoms with van der Waals surface area (Å²) in [7, 11) is 1.52. The predicted octanol–water partition coefficient (Wildman–Crippen LogP) is 4.93. The molecule has 0 bridgehead atoms. The lowest BCUT2D eigenvalue weighted by atomic mass is 10.1. The Labute approximate surface area is 167 Å². The number of carbonyl (C=O) groups is 1. The second-order valence-electron chi connectivity index (χ2n) is 5.97. The first-order valence-electron chi connectivity index (χ1n) is 8.90. The summed E-state index contributed by atoms with van der Waals surface area (Å²) in [6.07, 6.45) is 0.875. The number of nitrogens with one attached hydrogen (secondary N) is 1. The van der Waals surface area contributed by atoms with Crippen LogP contribution in [0.4, 0.5) is 9.52 Å². The molecule has 1 heterocycles. The Kier molecular flexibility index (Phi) is 6.60. The van der Waals surface area contributed by atoms with E-state index in [0.717, 1.165) is 11.3 Å². The number of methoxy groups -OCH3 is 1. The molecular formula is C21H21FN2O3S. The third-order valence-electron chi connectivity index (χ3n) is 4.08. The van der Waals surface area contributed by atoms with Crippen LogP contribution in [0, 0.1) is 5.82 Å². The number of hydrogen-bond acceptors (Lipinski definition) is 5. The van der Waals surface area contributed by atoms with Crippen LogP contribution in [-0.2, 0) is 11.2 Å². The number of carbonyl (C=O) groups excluding carboxylic acids is 1. The van der Waals surface area contributed by atoms with Crippen molar-refractivity contribution in [1.29, 1.82) is 0 Å². The minimum absolute atomic E-state index is 0.140. The van der Waals surface area contributed by atoms with Gasteiger partial charge in [-0.15, -0.1) is 11.3 Å². The fourth-order valence-corrected chi connectivity index (χ4v) is 3.50. The van der Waals surface area contributed by atoms with Crippen LogP contribution in [0.25, 0.3) is 11.3 Å². The van der Waals surface area contributed by atoms with Gasteiger partial charge in [0, 0.05) is 17.4 Å². The second-order valence-corrected chi connectivity index (χ2v) is 6.83. The zero-order valence-electron chi connectivity index (χ0n) is 15.7. The maximum absolute atomic E-state index is 13.6. The van der Waals surface area contributed by atoms with Crippen LogP contribution in [0.2, 0.25) is 0 Å². The van der Waals surface area contributed by atoms with Crippen molar-refractivity contribution in [3.8, 4) is 22.8 Å². The molecule has 5 nitrogen and oxygen atoms in total. The molecule has 0 aliphatic carbocycles. The van der Waals surface area contributed by atoms with E-state index < -0.39 is 0 Å². The highest BCUT2D eigenvalue weighted by molar-refractivity contribution is 7.14.